The Morgan fingerprint density at radius 3 is 2.53 bits per heavy atom. The number of rotatable bonds is 4. The third-order valence-electron chi connectivity index (χ3n) is 5.98. The summed E-state index contributed by atoms with van der Waals surface area (Å²) in [6, 6.07) is 13.6. The van der Waals surface area contributed by atoms with Gasteiger partial charge in [-0.15, -0.1) is 5.10 Å². The number of ether oxygens (including phenoxy) is 1. The molecular weight excluding hydrogens is 437 g/mol. The van der Waals surface area contributed by atoms with E-state index in [1.54, 1.807) is 31.1 Å². The molecule has 2 N–H and O–H groups in total. The molecular formula is C24H24FN7O2. The van der Waals surface area contributed by atoms with Crippen molar-refractivity contribution in [1.82, 2.24) is 24.6 Å². The number of amides is 1. The van der Waals surface area contributed by atoms with E-state index in [0.29, 0.717) is 66.1 Å². The van der Waals surface area contributed by atoms with Crippen LogP contribution in [0, 0.1) is 5.82 Å². The number of anilines is 2. The van der Waals surface area contributed by atoms with E-state index >= 15 is 0 Å². The number of nitrogens with two attached hydrogens (primary N) is 1. The summed E-state index contributed by atoms with van der Waals surface area (Å²) in [4.78, 5) is 25.1. The lowest BCUT2D eigenvalue weighted by Crippen LogP contribution is -2.48. The molecule has 10 heteroatoms. The first-order valence-electron chi connectivity index (χ1n) is 10.9. The molecule has 34 heavy (non-hydrogen) atoms. The number of halogens is 1. The van der Waals surface area contributed by atoms with Crippen molar-refractivity contribution in [1.29, 1.82) is 0 Å². The molecule has 4 aromatic rings. The van der Waals surface area contributed by atoms with Crippen LogP contribution in [0.15, 0.2) is 48.5 Å². The van der Waals surface area contributed by atoms with Gasteiger partial charge >= 0.3 is 0 Å². The number of nitrogen functional groups attached to an aromatic ring is 1. The molecule has 0 radical (unpaired) electrons. The van der Waals surface area contributed by atoms with Gasteiger partial charge in [0.25, 0.3) is 0 Å². The van der Waals surface area contributed by atoms with Gasteiger partial charge < -0.3 is 20.3 Å². The van der Waals surface area contributed by atoms with Crippen molar-refractivity contribution in [3.8, 4) is 22.7 Å². The molecule has 3 heterocycles. The summed E-state index contributed by atoms with van der Waals surface area (Å²) >= 11 is 0. The topological polar surface area (TPSA) is 102 Å². The van der Waals surface area contributed by atoms with Gasteiger partial charge in [-0.3, -0.25) is 4.79 Å². The second-order valence-electron chi connectivity index (χ2n) is 8.04. The number of benzene rings is 2. The Hall–Kier alpha value is -4.21. The van der Waals surface area contributed by atoms with Gasteiger partial charge in [-0.25, -0.2) is 14.1 Å². The van der Waals surface area contributed by atoms with E-state index in [2.05, 4.69) is 5.10 Å². The predicted molar refractivity (Wildman–Crippen MR) is 127 cm³/mol. The van der Waals surface area contributed by atoms with Crippen molar-refractivity contribution in [2.75, 3.05) is 43.9 Å². The van der Waals surface area contributed by atoms with E-state index in [4.69, 9.17) is 20.4 Å². The summed E-state index contributed by atoms with van der Waals surface area (Å²) in [5.74, 6) is 1.08. The number of hydrogen-bond donors (Lipinski definition) is 1. The highest BCUT2D eigenvalue weighted by Crippen LogP contribution is 2.37. The minimum Gasteiger partial charge on any atom is -0.496 e. The monoisotopic (exact) mass is 461 g/mol. The lowest BCUT2D eigenvalue weighted by atomic mass is 10.1. The lowest BCUT2D eigenvalue weighted by molar-refractivity contribution is -0.129. The van der Waals surface area contributed by atoms with E-state index < -0.39 is 5.82 Å². The molecule has 0 aliphatic carbocycles. The fourth-order valence-corrected chi connectivity index (χ4v) is 4.20. The molecule has 1 amide bonds. The van der Waals surface area contributed by atoms with Crippen molar-refractivity contribution < 1.29 is 13.9 Å². The Kier molecular flexibility index (Phi) is 5.48. The van der Waals surface area contributed by atoms with Crippen LogP contribution in [0.4, 0.5) is 16.2 Å². The molecule has 1 aliphatic rings. The minimum absolute atomic E-state index is 0.0485. The Morgan fingerprint density at radius 1 is 1.06 bits per heavy atom. The summed E-state index contributed by atoms with van der Waals surface area (Å²) in [5.41, 5.74) is 8.72. The van der Waals surface area contributed by atoms with Gasteiger partial charge in [0.05, 0.1) is 23.9 Å². The van der Waals surface area contributed by atoms with Crippen molar-refractivity contribution >= 4 is 28.7 Å². The number of carbonyl (C=O) groups excluding carboxylic acids is 1. The molecule has 0 spiro atoms. The van der Waals surface area contributed by atoms with Gasteiger partial charge in [0.2, 0.25) is 11.9 Å². The van der Waals surface area contributed by atoms with Crippen molar-refractivity contribution in [3.63, 3.8) is 0 Å². The molecule has 174 valence electrons. The SMILES string of the molecule is COc1ccccc1-c1nc(N2CCN(C(C)=O)CC2)nc2nn(-c3cccc(F)c3)c(N)c12. The third kappa shape index (κ3) is 3.76. The fraction of sp³-hybridized carbons (Fsp3) is 0.250. The van der Waals surface area contributed by atoms with Crippen LogP contribution in [0.25, 0.3) is 28.0 Å². The van der Waals surface area contributed by atoms with Gasteiger partial charge in [0, 0.05) is 38.7 Å². The summed E-state index contributed by atoms with van der Waals surface area (Å²) < 4.78 is 21.0. The molecule has 9 nitrogen and oxygen atoms in total. The zero-order valence-electron chi connectivity index (χ0n) is 18.9. The van der Waals surface area contributed by atoms with Gasteiger partial charge in [0.15, 0.2) is 5.65 Å². The maximum Gasteiger partial charge on any atom is 0.228 e. The first-order chi connectivity index (χ1) is 16.5. The number of aromatic nitrogens is 4. The smallest absolute Gasteiger partial charge is 0.228 e. The summed E-state index contributed by atoms with van der Waals surface area (Å²) in [6.07, 6.45) is 0. The van der Waals surface area contributed by atoms with E-state index in [9.17, 15) is 9.18 Å². The molecule has 2 aromatic heterocycles. The number of methoxy groups -OCH3 is 1. The maximum absolute atomic E-state index is 13.9. The zero-order chi connectivity index (χ0) is 23.8. The Morgan fingerprint density at radius 2 is 1.82 bits per heavy atom. The van der Waals surface area contributed by atoms with Crippen LogP contribution in [-0.2, 0) is 4.79 Å². The highest BCUT2D eigenvalue weighted by Gasteiger charge is 2.25. The predicted octanol–water partition coefficient (Wildman–Crippen LogP) is 2.88. The van der Waals surface area contributed by atoms with E-state index in [1.165, 1.54) is 16.8 Å². The molecule has 0 bridgehead atoms. The van der Waals surface area contributed by atoms with Crippen LogP contribution in [0.2, 0.25) is 0 Å². The highest BCUT2D eigenvalue weighted by molar-refractivity contribution is 6.00. The van der Waals surface area contributed by atoms with Gasteiger partial charge in [-0.2, -0.15) is 4.98 Å². The van der Waals surface area contributed by atoms with Gasteiger partial charge in [0.1, 0.15) is 17.4 Å². The number of nitrogens with zero attached hydrogens (tertiary/aromatic N) is 6. The Bertz CT molecular complexity index is 1380. The number of fused-ring (bicyclic) bond motifs is 1. The average Bonchev–Trinajstić information content (AvgIpc) is 3.20. The normalized spacial score (nSPS) is 14.0. The zero-order valence-corrected chi connectivity index (χ0v) is 18.9. The van der Waals surface area contributed by atoms with Gasteiger partial charge in [-0.05, 0) is 30.3 Å². The van der Waals surface area contributed by atoms with E-state index in [0.717, 1.165) is 5.56 Å². The van der Waals surface area contributed by atoms with E-state index in [1.807, 2.05) is 29.2 Å². The van der Waals surface area contributed by atoms with Crippen LogP contribution in [0.5, 0.6) is 5.75 Å². The van der Waals surface area contributed by atoms with Crippen molar-refractivity contribution in [2.45, 2.75) is 6.92 Å². The average molecular weight is 462 g/mol. The minimum atomic E-state index is -0.392. The first-order valence-corrected chi connectivity index (χ1v) is 10.9. The van der Waals surface area contributed by atoms with Crippen LogP contribution < -0.4 is 15.4 Å². The van der Waals surface area contributed by atoms with Gasteiger partial charge in [-0.1, -0.05) is 18.2 Å². The third-order valence-corrected chi connectivity index (χ3v) is 5.98. The second-order valence-corrected chi connectivity index (χ2v) is 8.04. The maximum atomic E-state index is 13.9. The molecule has 2 aromatic carbocycles. The number of para-hydroxylation sites is 1. The largest absolute Gasteiger partial charge is 0.496 e. The summed E-state index contributed by atoms with van der Waals surface area (Å²) in [7, 11) is 1.60. The van der Waals surface area contributed by atoms with Crippen LogP contribution in [0.1, 0.15) is 6.92 Å². The van der Waals surface area contributed by atoms with Crippen LogP contribution in [-0.4, -0.2) is 63.8 Å². The molecule has 5 rings (SSSR count). The second kappa shape index (κ2) is 8.62. The standard InChI is InChI=1S/C24H24FN7O2/c1-15(33)30-10-12-31(13-11-30)24-27-21(18-8-3-4-9-19(18)34-2)20-22(26)32(29-23(20)28-24)17-7-5-6-16(25)14-17/h3-9,14H,10-13,26H2,1-2H3. The van der Waals surface area contributed by atoms with Crippen LogP contribution in [0.3, 0.4) is 0 Å². The fourth-order valence-electron chi connectivity index (χ4n) is 4.20. The number of hydrogen-bond acceptors (Lipinski definition) is 7. The Balaban J connectivity index is 1.69. The molecule has 1 saturated heterocycles. The number of piperazine rings is 1. The first kappa shape index (κ1) is 21.6. The summed E-state index contributed by atoms with van der Waals surface area (Å²) in [5, 5.41) is 5.16. The van der Waals surface area contributed by atoms with Crippen molar-refractivity contribution in [3.05, 3.63) is 54.3 Å². The van der Waals surface area contributed by atoms with Crippen LogP contribution >= 0.6 is 0 Å². The summed E-state index contributed by atoms with van der Waals surface area (Å²) in [6.45, 7) is 3.92. The quantitative estimate of drug-likeness (QED) is 0.499. The molecule has 0 atom stereocenters. The molecule has 0 unspecified atom stereocenters. The number of carbonyl (C=O) groups is 1. The lowest BCUT2D eigenvalue weighted by Gasteiger charge is -2.34. The highest BCUT2D eigenvalue weighted by atomic mass is 19.1. The molecule has 1 aliphatic heterocycles. The Labute approximate surface area is 195 Å². The molecule has 0 saturated carbocycles. The van der Waals surface area contributed by atoms with E-state index in [-0.39, 0.29) is 5.91 Å². The molecule has 1 fully saturated rings. The van der Waals surface area contributed by atoms with Crippen molar-refractivity contribution in [2.24, 2.45) is 0 Å².